The van der Waals surface area contributed by atoms with Crippen molar-refractivity contribution in [3.63, 3.8) is 0 Å². The number of halogens is 3. The second-order valence-corrected chi connectivity index (χ2v) is 8.41. The van der Waals surface area contributed by atoms with E-state index in [0.29, 0.717) is 17.5 Å². The van der Waals surface area contributed by atoms with Crippen molar-refractivity contribution >= 4 is 17.9 Å². The van der Waals surface area contributed by atoms with Gasteiger partial charge >= 0.3 is 12.3 Å². The highest BCUT2D eigenvalue weighted by Crippen LogP contribution is 2.27. The Labute approximate surface area is 172 Å². The Hall–Kier alpha value is -2.23. The minimum atomic E-state index is -4.54. The molecule has 1 amide bonds. The third-order valence-corrected chi connectivity index (χ3v) is 4.98. The van der Waals surface area contributed by atoms with Gasteiger partial charge in [0.1, 0.15) is 0 Å². The maximum Gasteiger partial charge on any atom is 0.422 e. The molecule has 29 heavy (non-hydrogen) atoms. The largest absolute Gasteiger partial charge is 0.440 e. The molecule has 160 valence electrons. The van der Waals surface area contributed by atoms with Crippen molar-refractivity contribution < 1.29 is 22.7 Å². The van der Waals surface area contributed by atoms with Crippen molar-refractivity contribution in [2.75, 3.05) is 18.9 Å². The van der Waals surface area contributed by atoms with Crippen LogP contribution in [0.5, 0.6) is 0 Å². The molecule has 0 atom stereocenters. The Balaban J connectivity index is 1.93. The number of carbonyl (C=O) groups is 1. The normalized spacial score (nSPS) is 12.1. The Morgan fingerprint density at radius 2 is 1.83 bits per heavy atom. The van der Waals surface area contributed by atoms with Crippen LogP contribution in [-0.4, -0.2) is 45.9 Å². The summed E-state index contributed by atoms with van der Waals surface area (Å²) in [6.45, 7) is 7.63. The van der Waals surface area contributed by atoms with E-state index in [0.717, 1.165) is 11.4 Å². The molecule has 1 aromatic heterocycles. The molecule has 0 unspecified atom stereocenters. The molecule has 6 nitrogen and oxygen atoms in total. The molecule has 1 N–H and O–H groups in total. The highest BCUT2D eigenvalue weighted by Gasteiger charge is 2.29. The first-order valence-electron chi connectivity index (χ1n) is 9.15. The van der Waals surface area contributed by atoms with Gasteiger partial charge in [0.25, 0.3) is 0 Å². The van der Waals surface area contributed by atoms with Gasteiger partial charge in [-0.1, -0.05) is 56.8 Å². The van der Waals surface area contributed by atoms with Crippen LogP contribution in [0.15, 0.2) is 29.4 Å². The van der Waals surface area contributed by atoms with E-state index in [4.69, 9.17) is 0 Å². The van der Waals surface area contributed by atoms with Crippen LogP contribution in [0, 0.1) is 0 Å². The number of ether oxygens (including phenoxy) is 1. The summed E-state index contributed by atoms with van der Waals surface area (Å²) < 4.78 is 42.1. The predicted octanol–water partition coefficient (Wildman–Crippen LogP) is 4.64. The van der Waals surface area contributed by atoms with Crippen molar-refractivity contribution in [1.82, 2.24) is 20.1 Å². The number of carbonyl (C=O) groups excluding carboxylic acids is 1. The molecular weight excluding hydrogens is 405 g/mol. The maximum absolute atomic E-state index is 12.0. The standard InChI is InChI=1S/C19H25F3N4O2S/c1-5-26-15(13-6-8-14(9-7-13)18(2,3)4)24-25-16(26)29-11-10-23-17(27)28-12-19(20,21)22/h6-9H,5,10-12H2,1-4H3,(H,23,27). The first kappa shape index (κ1) is 23.1. The number of hydrogen-bond acceptors (Lipinski definition) is 5. The maximum atomic E-state index is 12.0. The van der Waals surface area contributed by atoms with Crippen LogP contribution in [0.2, 0.25) is 0 Å². The molecule has 1 aromatic carbocycles. The first-order valence-corrected chi connectivity index (χ1v) is 10.1. The van der Waals surface area contributed by atoms with Crippen molar-refractivity contribution in [2.24, 2.45) is 0 Å². The van der Waals surface area contributed by atoms with E-state index in [1.54, 1.807) is 0 Å². The molecular formula is C19H25F3N4O2S. The van der Waals surface area contributed by atoms with Gasteiger partial charge in [-0.25, -0.2) is 4.79 Å². The smallest absolute Gasteiger partial charge is 0.422 e. The molecule has 0 bridgehead atoms. The number of hydrogen-bond donors (Lipinski definition) is 1. The summed E-state index contributed by atoms with van der Waals surface area (Å²) in [5.74, 6) is 1.16. The lowest BCUT2D eigenvalue weighted by Crippen LogP contribution is -2.30. The summed E-state index contributed by atoms with van der Waals surface area (Å²) in [6.07, 6.45) is -5.63. The molecule has 0 aliphatic rings. The average molecular weight is 430 g/mol. The number of alkyl halides is 3. The minimum absolute atomic E-state index is 0.0617. The van der Waals surface area contributed by atoms with Gasteiger partial charge in [0.2, 0.25) is 0 Å². The Morgan fingerprint density at radius 1 is 1.17 bits per heavy atom. The number of thioether (sulfide) groups is 1. The number of rotatable bonds is 7. The zero-order valence-electron chi connectivity index (χ0n) is 16.8. The highest BCUT2D eigenvalue weighted by molar-refractivity contribution is 7.99. The summed E-state index contributed by atoms with van der Waals surface area (Å²) in [4.78, 5) is 11.2. The van der Waals surface area contributed by atoms with E-state index in [9.17, 15) is 18.0 Å². The molecule has 0 aliphatic heterocycles. The fourth-order valence-corrected chi connectivity index (χ4v) is 3.36. The third kappa shape index (κ3) is 6.95. The topological polar surface area (TPSA) is 69.0 Å². The predicted molar refractivity (Wildman–Crippen MR) is 106 cm³/mol. The molecule has 0 saturated carbocycles. The number of benzene rings is 1. The van der Waals surface area contributed by atoms with Gasteiger partial charge in [-0.3, -0.25) is 0 Å². The van der Waals surface area contributed by atoms with Crippen LogP contribution in [0.4, 0.5) is 18.0 Å². The fourth-order valence-electron chi connectivity index (χ4n) is 2.51. The average Bonchev–Trinajstić information content (AvgIpc) is 3.05. The van der Waals surface area contributed by atoms with Gasteiger partial charge in [-0.15, -0.1) is 10.2 Å². The Morgan fingerprint density at radius 3 is 2.38 bits per heavy atom. The number of alkyl carbamates (subject to hydrolysis) is 1. The SMILES string of the molecule is CCn1c(SCCNC(=O)OCC(F)(F)F)nnc1-c1ccc(C(C)(C)C)cc1. The monoisotopic (exact) mass is 430 g/mol. The van der Waals surface area contributed by atoms with E-state index in [2.05, 4.69) is 53.2 Å². The number of amides is 1. The van der Waals surface area contributed by atoms with E-state index in [1.165, 1.54) is 17.3 Å². The lowest BCUT2D eigenvalue weighted by Gasteiger charge is -2.19. The number of nitrogens with zero attached hydrogens (tertiary/aromatic N) is 3. The van der Waals surface area contributed by atoms with E-state index < -0.39 is 18.9 Å². The molecule has 0 radical (unpaired) electrons. The molecule has 0 aliphatic carbocycles. The lowest BCUT2D eigenvalue weighted by molar-refractivity contribution is -0.160. The third-order valence-electron chi connectivity index (χ3n) is 4.01. The highest BCUT2D eigenvalue weighted by atomic mass is 32.2. The van der Waals surface area contributed by atoms with E-state index in [-0.39, 0.29) is 12.0 Å². The summed E-state index contributed by atoms with van der Waals surface area (Å²) in [5, 5.41) is 11.4. The molecule has 0 fully saturated rings. The zero-order valence-corrected chi connectivity index (χ0v) is 17.7. The van der Waals surface area contributed by atoms with Crippen molar-refractivity contribution in [1.29, 1.82) is 0 Å². The van der Waals surface area contributed by atoms with Gasteiger partial charge in [-0.05, 0) is 17.9 Å². The van der Waals surface area contributed by atoms with Gasteiger partial charge in [0, 0.05) is 24.4 Å². The van der Waals surface area contributed by atoms with Crippen LogP contribution in [-0.2, 0) is 16.7 Å². The fraction of sp³-hybridized carbons (Fsp3) is 0.526. The van der Waals surface area contributed by atoms with Crippen LogP contribution in [0.3, 0.4) is 0 Å². The molecule has 2 rings (SSSR count). The molecule has 1 heterocycles. The van der Waals surface area contributed by atoms with Crippen LogP contribution < -0.4 is 5.32 Å². The molecule has 10 heteroatoms. The van der Waals surface area contributed by atoms with Gasteiger partial charge in [0.05, 0.1) is 0 Å². The van der Waals surface area contributed by atoms with E-state index in [1.807, 2.05) is 23.6 Å². The Bertz CT molecular complexity index is 814. The van der Waals surface area contributed by atoms with Crippen LogP contribution in [0.25, 0.3) is 11.4 Å². The lowest BCUT2D eigenvalue weighted by atomic mass is 9.87. The van der Waals surface area contributed by atoms with Crippen molar-refractivity contribution in [3.8, 4) is 11.4 Å². The Kier molecular flexibility index (Phi) is 7.56. The minimum Gasteiger partial charge on any atom is -0.440 e. The zero-order chi connectivity index (χ0) is 21.7. The summed E-state index contributed by atoms with van der Waals surface area (Å²) in [6, 6.07) is 8.19. The van der Waals surface area contributed by atoms with Crippen LogP contribution in [0.1, 0.15) is 33.3 Å². The van der Waals surface area contributed by atoms with Crippen molar-refractivity contribution in [2.45, 2.75) is 51.0 Å². The van der Waals surface area contributed by atoms with Gasteiger partial charge in [0.15, 0.2) is 17.6 Å². The number of nitrogens with one attached hydrogen (secondary N) is 1. The van der Waals surface area contributed by atoms with Crippen LogP contribution >= 0.6 is 11.8 Å². The molecule has 0 saturated heterocycles. The first-order chi connectivity index (χ1) is 13.5. The summed E-state index contributed by atoms with van der Waals surface area (Å²) >= 11 is 1.36. The summed E-state index contributed by atoms with van der Waals surface area (Å²) in [7, 11) is 0. The molecule has 0 spiro atoms. The summed E-state index contributed by atoms with van der Waals surface area (Å²) in [5.41, 5.74) is 2.24. The second kappa shape index (κ2) is 9.51. The quantitative estimate of drug-likeness (QED) is 0.512. The van der Waals surface area contributed by atoms with Crippen molar-refractivity contribution in [3.05, 3.63) is 29.8 Å². The number of aromatic nitrogens is 3. The van der Waals surface area contributed by atoms with E-state index >= 15 is 0 Å². The van der Waals surface area contributed by atoms with Gasteiger partial charge < -0.3 is 14.6 Å². The van der Waals surface area contributed by atoms with Gasteiger partial charge in [-0.2, -0.15) is 13.2 Å². The molecule has 2 aromatic rings. The second-order valence-electron chi connectivity index (χ2n) is 7.34.